The molecule has 0 bridgehead atoms. The number of aromatic nitrogens is 1. The fourth-order valence-electron chi connectivity index (χ4n) is 2.34. The van der Waals surface area contributed by atoms with Crippen LogP contribution in [0.5, 0.6) is 0 Å². The van der Waals surface area contributed by atoms with Gasteiger partial charge in [-0.05, 0) is 48.7 Å². The van der Waals surface area contributed by atoms with Crippen molar-refractivity contribution in [2.24, 2.45) is 0 Å². The fraction of sp³-hybridized carbons (Fsp3) is 0.312. The number of halogens is 1. The van der Waals surface area contributed by atoms with E-state index in [2.05, 4.69) is 23.3 Å². The van der Waals surface area contributed by atoms with E-state index in [9.17, 15) is 0 Å². The highest BCUT2D eigenvalue weighted by molar-refractivity contribution is 6.30. The first kappa shape index (κ1) is 14.8. The van der Waals surface area contributed by atoms with Crippen LogP contribution in [-0.4, -0.2) is 17.6 Å². The first-order chi connectivity index (χ1) is 9.69. The molecule has 4 heteroatoms. The molecular weight excluding hydrogens is 270 g/mol. The lowest BCUT2D eigenvalue weighted by Gasteiger charge is -2.19. The summed E-state index contributed by atoms with van der Waals surface area (Å²) in [6, 6.07) is 12.3. The summed E-state index contributed by atoms with van der Waals surface area (Å²) >= 11 is 6.04. The molecule has 0 aliphatic carbocycles. The van der Waals surface area contributed by atoms with Crippen molar-refractivity contribution in [3.05, 3.63) is 58.7 Å². The van der Waals surface area contributed by atoms with Crippen LogP contribution in [0.25, 0.3) is 0 Å². The number of nitrogens with zero attached hydrogens (tertiary/aromatic N) is 1. The average molecular weight is 290 g/mol. The first-order valence-electron chi connectivity index (χ1n) is 6.86. The van der Waals surface area contributed by atoms with E-state index in [0.29, 0.717) is 11.9 Å². The van der Waals surface area contributed by atoms with Crippen LogP contribution < -0.4 is 11.1 Å². The second-order valence-electron chi connectivity index (χ2n) is 4.84. The zero-order valence-corrected chi connectivity index (χ0v) is 12.4. The highest BCUT2D eigenvalue weighted by Crippen LogP contribution is 2.16. The van der Waals surface area contributed by atoms with Gasteiger partial charge in [0.1, 0.15) is 5.82 Å². The Kier molecular flexibility index (Phi) is 5.39. The number of rotatable bonds is 6. The van der Waals surface area contributed by atoms with Crippen LogP contribution in [0.3, 0.4) is 0 Å². The van der Waals surface area contributed by atoms with E-state index in [0.717, 1.165) is 30.0 Å². The predicted octanol–water partition coefficient (Wildman–Crippen LogP) is 3.08. The van der Waals surface area contributed by atoms with Crippen molar-refractivity contribution >= 4 is 17.4 Å². The summed E-state index contributed by atoms with van der Waals surface area (Å²) in [6.45, 7) is 3.03. The average Bonchev–Trinajstić information content (AvgIpc) is 2.42. The quantitative estimate of drug-likeness (QED) is 0.859. The van der Waals surface area contributed by atoms with Crippen LogP contribution in [0.4, 0.5) is 5.82 Å². The van der Waals surface area contributed by atoms with Gasteiger partial charge in [-0.2, -0.15) is 0 Å². The number of nitrogens with two attached hydrogens (primary N) is 1. The van der Waals surface area contributed by atoms with E-state index in [1.165, 1.54) is 5.56 Å². The fourth-order valence-corrected chi connectivity index (χ4v) is 2.56. The van der Waals surface area contributed by atoms with E-state index < -0.39 is 0 Å². The van der Waals surface area contributed by atoms with Crippen LogP contribution in [0.2, 0.25) is 5.02 Å². The largest absolute Gasteiger partial charge is 0.383 e. The Morgan fingerprint density at radius 2 is 2.10 bits per heavy atom. The maximum absolute atomic E-state index is 6.04. The number of anilines is 1. The van der Waals surface area contributed by atoms with Gasteiger partial charge in [0.05, 0.1) is 0 Å². The van der Waals surface area contributed by atoms with Gasteiger partial charge in [-0.3, -0.25) is 0 Å². The molecule has 0 aliphatic rings. The standard InChI is InChI=1S/C16H20ClN3/c1-2-19-15(10-12-5-3-7-14(17)9-12)11-13-6-4-8-20-16(13)18/h3-9,15,19H,2,10-11H2,1H3,(H2,18,20). The van der Waals surface area contributed by atoms with Gasteiger partial charge in [0, 0.05) is 17.3 Å². The van der Waals surface area contributed by atoms with Crippen LogP contribution in [0.15, 0.2) is 42.6 Å². The molecule has 0 radical (unpaired) electrons. The van der Waals surface area contributed by atoms with E-state index in [4.69, 9.17) is 17.3 Å². The second-order valence-corrected chi connectivity index (χ2v) is 5.28. The lowest BCUT2D eigenvalue weighted by atomic mass is 9.99. The van der Waals surface area contributed by atoms with Gasteiger partial charge in [-0.25, -0.2) is 4.98 Å². The van der Waals surface area contributed by atoms with Crippen LogP contribution in [0, 0.1) is 0 Å². The molecule has 0 saturated carbocycles. The van der Waals surface area contributed by atoms with E-state index in [1.807, 2.05) is 30.3 Å². The highest BCUT2D eigenvalue weighted by Gasteiger charge is 2.11. The number of hydrogen-bond donors (Lipinski definition) is 2. The van der Waals surface area contributed by atoms with Gasteiger partial charge >= 0.3 is 0 Å². The third kappa shape index (κ3) is 4.22. The molecule has 1 unspecified atom stereocenters. The summed E-state index contributed by atoms with van der Waals surface area (Å²) in [5.41, 5.74) is 8.23. The van der Waals surface area contributed by atoms with Crippen molar-refractivity contribution in [3.8, 4) is 0 Å². The van der Waals surface area contributed by atoms with E-state index in [-0.39, 0.29) is 0 Å². The maximum atomic E-state index is 6.04. The number of likely N-dealkylation sites (N-methyl/N-ethyl adjacent to an activating group) is 1. The minimum absolute atomic E-state index is 0.324. The number of pyridine rings is 1. The molecule has 1 heterocycles. The molecule has 3 nitrogen and oxygen atoms in total. The van der Waals surface area contributed by atoms with Crippen molar-refractivity contribution in [3.63, 3.8) is 0 Å². The molecule has 1 aromatic heterocycles. The Bertz CT molecular complexity index is 557. The highest BCUT2D eigenvalue weighted by atomic mass is 35.5. The van der Waals surface area contributed by atoms with Gasteiger partial charge in [0.25, 0.3) is 0 Å². The van der Waals surface area contributed by atoms with Crippen LogP contribution in [0.1, 0.15) is 18.1 Å². The summed E-state index contributed by atoms with van der Waals surface area (Å²) in [6.07, 6.45) is 3.50. The number of benzene rings is 1. The third-order valence-corrected chi connectivity index (χ3v) is 3.49. The van der Waals surface area contributed by atoms with Crippen molar-refractivity contribution in [2.45, 2.75) is 25.8 Å². The molecular formula is C16H20ClN3. The maximum Gasteiger partial charge on any atom is 0.126 e. The molecule has 1 atom stereocenters. The Hall–Kier alpha value is -1.58. The van der Waals surface area contributed by atoms with Crippen molar-refractivity contribution in [1.82, 2.24) is 10.3 Å². The van der Waals surface area contributed by atoms with E-state index in [1.54, 1.807) is 6.20 Å². The van der Waals surface area contributed by atoms with E-state index >= 15 is 0 Å². The molecule has 0 saturated heterocycles. The molecule has 0 fully saturated rings. The normalized spacial score (nSPS) is 12.3. The zero-order chi connectivity index (χ0) is 14.4. The minimum atomic E-state index is 0.324. The summed E-state index contributed by atoms with van der Waals surface area (Å²) in [4.78, 5) is 4.14. The predicted molar refractivity (Wildman–Crippen MR) is 85.0 cm³/mol. The minimum Gasteiger partial charge on any atom is -0.383 e. The Morgan fingerprint density at radius 3 is 2.80 bits per heavy atom. The van der Waals surface area contributed by atoms with Crippen molar-refractivity contribution in [1.29, 1.82) is 0 Å². The summed E-state index contributed by atoms with van der Waals surface area (Å²) in [5.74, 6) is 0.612. The molecule has 106 valence electrons. The van der Waals surface area contributed by atoms with Gasteiger partial charge in [0.2, 0.25) is 0 Å². The Morgan fingerprint density at radius 1 is 1.25 bits per heavy atom. The summed E-state index contributed by atoms with van der Waals surface area (Å²) in [5, 5.41) is 4.28. The van der Waals surface area contributed by atoms with Gasteiger partial charge in [-0.1, -0.05) is 36.7 Å². The monoisotopic (exact) mass is 289 g/mol. The smallest absolute Gasteiger partial charge is 0.126 e. The van der Waals surface area contributed by atoms with Crippen LogP contribution >= 0.6 is 11.6 Å². The summed E-state index contributed by atoms with van der Waals surface area (Å²) in [7, 11) is 0. The lowest BCUT2D eigenvalue weighted by Crippen LogP contribution is -2.33. The second kappa shape index (κ2) is 7.27. The van der Waals surface area contributed by atoms with Gasteiger partial charge in [-0.15, -0.1) is 0 Å². The number of nitrogens with one attached hydrogen (secondary N) is 1. The van der Waals surface area contributed by atoms with Gasteiger partial charge in [0.15, 0.2) is 0 Å². The lowest BCUT2D eigenvalue weighted by molar-refractivity contribution is 0.521. The van der Waals surface area contributed by atoms with Crippen LogP contribution in [-0.2, 0) is 12.8 Å². The van der Waals surface area contributed by atoms with Crippen molar-refractivity contribution in [2.75, 3.05) is 12.3 Å². The molecule has 0 spiro atoms. The van der Waals surface area contributed by atoms with Gasteiger partial charge < -0.3 is 11.1 Å². The Balaban J connectivity index is 2.09. The molecule has 3 N–H and O–H groups in total. The molecule has 1 aromatic carbocycles. The number of nitrogen functional groups attached to an aromatic ring is 1. The molecule has 20 heavy (non-hydrogen) atoms. The molecule has 0 amide bonds. The molecule has 2 rings (SSSR count). The Labute approximate surface area is 125 Å². The van der Waals surface area contributed by atoms with Crippen molar-refractivity contribution < 1.29 is 0 Å². The first-order valence-corrected chi connectivity index (χ1v) is 7.24. The molecule has 2 aromatic rings. The SMILES string of the molecule is CCNC(Cc1cccc(Cl)c1)Cc1cccnc1N. The molecule has 0 aliphatic heterocycles. The number of hydrogen-bond acceptors (Lipinski definition) is 3. The third-order valence-electron chi connectivity index (χ3n) is 3.26. The summed E-state index contributed by atoms with van der Waals surface area (Å²) < 4.78 is 0. The zero-order valence-electron chi connectivity index (χ0n) is 11.6. The topological polar surface area (TPSA) is 50.9 Å².